The number of rotatable bonds is 10. The van der Waals surface area contributed by atoms with Crippen LogP contribution in [0.15, 0.2) is 53.9 Å². The van der Waals surface area contributed by atoms with Gasteiger partial charge in [-0.05, 0) is 59.7 Å². The van der Waals surface area contributed by atoms with Gasteiger partial charge in [-0.3, -0.25) is 9.59 Å². The number of hydrogen-bond donors (Lipinski definition) is 0. The van der Waals surface area contributed by atoms with E-state index >= 15 is 0 Å². The van der Waals surface area contributed by atoms with Crippen LogP contribution in [0.5, 0.6) is 23.0 Å². The number of carbonyl (C=O) groups is 2. The van der Waals surface area contributed by atoms with Crippen LogP contribution < -0.4 is 18.9 Å². The zero-order valence-electron chi connectivity index (χ0n) is 22.6. The molecule has 2 aliphatic heterocycles. The number of nitrogens with zero attached hydrogens (tertiary/aromatic N) is 2. The lowest BCUT2D eigenvalue weighted by Gasteiger charge is -2.37. The summed E-state index contributed by atoms with van der Waals surface area (Å²) >= 11 is 1.70. The minimum atomic E-state index is -0.261. The van der Waals surface area contributed by atoms with Crippen molar-refractivity contribution in [3.8, 4) is 23.0 Å². The SMILES string of the molecule is CCC(C)CN(CC(=O)N1CCc2sccc2C1COc1ccccc1OC)C(=O)c1ccc2c(c1)OCO2. The third-order valence-corrected chi connectivity index (χ3v) is 8.34. The van der Waals surface area contributed by atoms with Crippen LogP contribution in [0.1, 0.15) is 47.1 Å². The van der Waals surface area contributed by atoms with Crippen molar-refractivity contribution in [3.05, 3.63) is 69.9 Å². The van der Waals surface area contributed by atoms with Gasteiger partial charge in [0.1, 0.15) is 13.2 Å². The lowest BCUT2D eigenvalue weighted by atomic mass is 10.00. The van der Waals surface area contributed by atoms with E-state index in [1.54, 1.807) is 41.5 Å². The molecule has 3 heterocycles. The molecule has 9 heteroatoms. The number of ether oxygens (including phenoxy) is 4. The maximum Gasteiger partial charge on any atom is 0.254 e. The Kier molecular flexibility index (Phi) is 8.26. The molecule has 8 nitrogen and oxygen atoms in total. The van der Waals surface area contributed by atoms with Gasteiger partial charge < -0.3 is 28.7 Å². The molecule has 0 saturated heterocycles. The second-order valence-electron chi connectivity index (χ2n) is 9.88. The third-order valence-electron chi connectivity index (χ3n) is 7.34. The fourth-order valence-corrected chi connectivity index (χ4v) is 5.90. The first-order valence-electron chi connectivity index (χ1n) is 13.3. The smallest absolute Gasteiger partial charge is 0.254 e. The number of benzene rings is 2. The number of para-hydroxylation sites is 2. The van der Waals surface area contributed by atoms with Crippen LogP contribution >= 0.6 is 11.3 Å². The van der Waals surface area contributed by atoms with Crippen molar-refractivity contribution in [1.82, 2.24) is 9.80 Å². The van der Waals surface area contributed by atoms with E-state index in [0.717, 1.165) is 18.4 Å². The van der Waals surface area contributed by atoms with Gasteiger partial charge in [0.05, 0.1) is 13.2 Å². The van der Waals surface area contributed by atoms with Crippen molar-refractivity contribution in [2.45, 2.75) is 32.7 Å². The van der Waals surface area contributed by atoms with E-state index in [-0.39, 0.29) is 43.7 Å². The third kappa shape index (κ3) is 5.83. The standard InChI is InChI=1S/C30H34N2O6S/c1-4-20(2)16-31(30(34)21-9-10-26-27(15-21)38-19-37-26)17-29(33)32-13-11-28-22(12-14-39-28)23(32)18-36-25-8-6-5-7-24(25)35-3/h5-10,12,14-15,20,23H,4,11,13,16-19H2,1-3H3. The molecule has 3 aromatic rings. The molecule has 0 saturated carbocycles. The molecule has 0 fully saturated rings. The highest BCUT2D eigenvalue weighted by Gasteiger charge is 2.34. The normalized spacial score (nSPS) is 16.4. The van der Waals surface area contributed by atoms with Crippen molar-refractivity contribution < 1.29 is 28.5 Å². The maximum absolute atomic E-state index is 13.9. The van der Waals surface area contributed by atoms with Gasteiger partial charge in [-0.1, -0.05) is 32.4 Å². The molecule has 0 radical (unpaired) electrons. The fraction of sp³-hybridized carbons (Fsp3) is 0.400. The predicted molar refractivity (Wildman–Crippen MR) is 149 cm³/mol. The number of thiophene rings is 1. The average molecular weight is 551 g/mol. The van der Waals surface area contributed by atoms with Gasteiger partial charge in [0, 0.05) is 23.5 Å². The molecule has 1 aromatic heterocycles. The summed E-state index contributed by atoms with van der Waals surface area (Å²) in [6.07, 6.45) is 1.68. The largest absolute Gasteiger partial charge is 0.493 e. The van der Waals surface area contributed by atoms with Gasteiger partial charge in [-0.2, -0.15) is 0 Å². The summed E-state index contributed by atoms with van der Waals surface area (Å²) < 4.78 is 22.5. The molecule has 2 aliphatic rings. The summed E-state index contributed by atoms with van der Waals surface area (Å²) in [5, 5.41) is 2.06. The summed E-state index contributed by atoms with van der Waals surface area (Å²) in [5.74, 6) is 2.39. The Bertz CT molecular complexity index is 1320. The minimum absolute atomic E-state index is 0.0117. The van der Waals surface area contributed by atoms with Crippen molar-refractivity contribution in [1.29, 1.82) is 0 Å². The Hall–Kier alpha value is -3.72. The molecule has 39 heavy (non-hydrogen) atoms. The zero-order valence-corrected chi connectivity index (χ0v) is 23.4. The Morgan fingerprint density at radius 2 is 1.92 bits per heavy atom. The molecule has 0 N–H and O–H groups in total. The summed E-state index contributed by atoms with van der Waals surface area (Å²) in [6, 6.07) is 14.5. The summed E-state index contributed by atoms with van der Waals surface area (Å²) in [4.78, 5) is 32.3. The molecule has 0 aliphatic carbocycles. The Labute approximate surface area is 233 Å². The van der Waals surface area contributed by atoms with Gasteiger partial charge in [0.15, 0.2) is 23.0 Å². The molecule has 0 bridgehead atoms. The molecular weight excluding hydrogens is 516 g/mol. The van der Waals surface area contributed by atoms with E-state index in [0.29, 0.717) is 41.7 Å². The minimum Gasteiger partial charge on any atom is -0.493 e. The Morgan fingerprint density at radius 3 is 2.72 bits per heavy atom. The van der Waals surface area contributed by atoms with Crippen LogP contribution in [0.2, 0.25) is 0 Å². The number of fused-ring (bicyclic) bond motifs is 2. The Morgan fingerprint density at radius 1 is 1.13 bits per heavy atom. The number of amides is 2. The first-order valence-corrected chi connectivity index (χ1v) is 14.2. The maximum atomic E-state index is 13.9. The number of hydrogen-bond acceptors (Lipinski definition) is 7. The molecule has 2 atom stereocenters. The molecular formula is C30H34N2O6S. The van der Waals surface area contributed by atoms with Crippen LogP contribution in [0.25, 0.3) is 0 Å². The number of methoxy groups -OCH3 is 1. The summed E-state index contributed by atoms with van der Waals surface area (Å²) in [6.45, 7) is 5.65. The van der Waals surface area contributed by atoms with Crippen molar-refractivity contribution >= 4 is 23.2 Å². The van der Waals surface area contributed by atoms with Gasteiger partial charge in [0.25, 0.3) is 5.91 Å². The highest BCUT2D eigenvalue weighted by atomic mass is 32.1. The summed E-state index contributed by atoms with van der Waals surface area (Å²) in [5.41, 5.74) is 1.58. The fourth-order valence-electron chi connectivity index (χ4n) is 4.97. The topological polar surface area (TPSA) is 77.5 Å². The van der Waals surface area contributed by atoms with Crippen LogP contribution in [0.4, 0.5) is 0 Å². The van der Waals surface area contributed by atoms with Crippen LogP contribution in [0, 0.1) is 5.92 Å². The average Bonchev–Trinajstić information content (AvgIpc) is 3.64. The van der Waals surface area contributed by atoms with Crippen molar-refractivity contribution in [2.75, 3.05) is 40.1 Å². The second-order valence-corrected chi connectivity index (χ2v) is 10.9. The molecule has 5 rings (SSSR count). The van der Waals surface area contributed by atoms with Gasteiger partial charge in [0.2, 0.25) is 12.7 Å². The monoisotopic (exact) mass is 550 g/mol. The Balaban J connectivity index is 1.36. The second kappa shape index (κ2) is 12.0. The van der Waals surface area contributed by atoms with Crippen LogP contribution in [-0.2, 0) is 11.2 Å². The highest BCUT2D eigenvalue weighted by molar-refractivity contribution is 7.10. The van der Waals surface area contributed by atoms with E-state index in [1.165, 1.54) is 4.88 Å². The van der Waals surface area contributed by atoms with Gasteiger partial charge >= 0.3 is 0 Å². The van der Waals surface area contributed by atoms with E-state index < -0.39 is 0 Å². The van der Waals surface area contributed by atoms with Gasteiger partial charge in [-0.15, -0.1) is 11.3 Å². The van der Waals surface area contributed by atoms with Gasteiger partial charge in [-0.25, -0.2) is 0 Å². The first kappa shape index (κ1) is 26.9. The molecule has 2 unspecified atom stereocenters. The lowest BCUT2D eigenvalue weighted by molar-refractivity contribution is -0.135. The zero-order chi connectivity index (χ0) is 27.4. The van der Waals surface area contributed by atoms with E-state index in [4.69, 9.17) is 18.9 Å². The molecule has 2 aromatic carbocycles. The van der Waals surface area contributed by atoms with Crippen LogP contribution in [0.3, 0.4) is 0 Å². The molecule has 0 spiro atoms. The van der Waals surface area contributed by atoms with Crippen molar-refractivity contribution in [2.24, 2.45) is 5.92 Å². The first-order chi connectivity index (χ1) is 19.0. The predicted octanol–water partition coefficient (Wildman–Crippen LogP) is 5.18. The molecule has 206 valence electrons. The highest BCUT2D eigenvalue weighted by Crippen LogP contribution is 2.36. The molecule has 2 amide bonds. The van der Waals surface area contributed by atoms with Crippen molar-refractivity contribution in [3.63, 3.8) is 0 Å². The number of carbonyl (C=O) groups excluding carboxylic acids is 2. The van der Waals surface area contributed by atoms with E-state index in [2.05, 4.69) is 25.3 Å². The van der Waals surface area contributed by atoms with E-state index in [9.17, 15) is 9.59 Å². The van der Waals surface area contributed by atoms with Crippen LogP contribution in [-0.4, -0.2) is 61.8 Å². The van der Waals surface area contributed by atoms with E-state index in [1.807, 2.05) is 29.2 Å². The summed E-state index contributed by atoms with van der Waals surface area (Å²) in [7, 11) is 1.61. The quantitative estimate of drug-likeness (QED) is 0.346. The lowest BCUT2D eigenvalue weighted by Crippen LogP contribution is -2.48.